The van der Waals surface area contributed by atoms with Crippen LogP contribution >= 0.6 is 0 Å². The van der Waals surface area contributed by atoms with Gasteiger partial charge in [0.15, 0.2) is 12.6 Å². The van der Waals surface area contributed by atoms with E-state index in [1.54, 1.807) is 0 Å². The van der Waals surface area contributed by atoms with Crippen LogP contribution in [0.1, 0.15) is 27.2 Å². The molecule has 11 N–H and O–H groups in total. The van der Waals surface area contributed by atoms with Crippen LogP contribution in [0.25, 0.3) is 0 Å². The molecule has 0 bridgehead atoms. The van der Waals surface area contributed by atoms with Gasteiger partial charge >= 0.3 is 5.97 Å². The minimum atomic E-state index is -2.65. The molecule has 19 heteroatoms. The van der Waals surface area contributed by atoms with Crippen molar-refractivity contribution in [3.63, 3.8) is 0 Å². The number of aliphatic hydroxyl groups is 9. The van der Waals surface area contributed by atoms with Gasteiger partial charge in [-0.2, -0.15) is 0 Å². The van der Waals surface area contributed by atoms with E-state index in [9.17, 15) is 60.7 Å². The van der Waals surface area contributed by atoms with Gasteiger partial charge < -0.3 is 84.8 Å². The molecular formula is C26H47NO18. The van der Waals surface area contributed by atoms with E-state index >= 15 is 0 Å². The first-order chi connectivity index (χ1) is 21.1. The second-order valence-corrected chi connectivity index (χ2v) is 11.1. The van der Waals surface area contributed by atoms with E-state index in [2.05, 4.69) is 5.32 Å². The van der Waals surface area contributed by atoms with Crippen LogP contribution in [0.15, 0.2) is 0 Å². The smallest absolute Gasteiger partial charge is 0.364 e. The minimum absolute atomic E-state index is 0.568. The number of aliphatic hydroxyl groups excluding tert-OH is 9. The summed E-state index contributed by atoms with van der Waals surface area (Å²) in [5, 5.41) is 104. The van der Waals surface area contributed by atoms with E-state index in [0.29, 0.717) is 0 Å². The Hall–Kier alpha value is -1.66. The number of rotatable bonds is 17. The lowest BCUT2D eigenvalue weighted by Gasteiger charge is -2.46. The van der Waals surface area contributed by atoms with Crippen molar-refractivity contribution < 1.29 is 89.1 Å². The summed E-state index contributed by atoms with van der Waals surface area (Å²) in [7, 11) is 1.24. The summed E-state index contributed by atoms with van der Waals surface area (Å²) in [4.78, 5) is 24.1. The van der Waals surface area contributed by atoms with E-state index in [-0.39, 0.29) is 0 Å². The van der Waals surface area contributed by atoms with Gasteiger partial charge in [-0.3, -0.25) is 4.79 Å². The molecule has 0 aromatic carbocycles. The van der Waals surface area contributed by atoms with E-state index in [4.69, 9.17) is 28.4 Å². The van der Waals surface area contributed by atoms with Crippen LogP contribution in [-0.2, 0) is 38.0 Å². The zero-order chi connectivity index (χ0) is 34.2. The third-order valence-corrected chi connectivity index (χ3v) is 7.72. The van der Waals surface area contributed by atoms with Crippen LogP contribution in [0.5, 0.6) is 0 Å². The summed E-state index contributed by atoms with van der Waals surface area (Å²) in [6, 6.07) is -1.18. The number of ether oxygens (including phenoxy) is 6. The number of carbonyl (C=O) groups is 2. The average Bonchev–Trinajstić information content (AvgIpc) is 2.99. The van der Waals surface area contributed by atoms with Crippen molar-refractivity contribution >= 4 is 11.9 Å². The van der Waals surface area contributed by atoms with Crippen molar-refractivity contribution in [2.75, 3.05) is 33.5 Å². The standard InChI is InChI=1S/C26H47NO18/c1-10-13(33)5-26(25(38)39,45-21(10)19(36)14(34)6-28)41-9-15(35)16(7-29)42-23(11(2)31)44-22-18(27-12(3)32)24(40-4)43-17(8-30)20(22)37/h10-11,13-24,28-31,33-37H,5-9H2,1-4H3,(H,27,32)(H,38,39)/t10-,11+,13-,14-,15-,16?,17?,18?,19-,20+,21?,22-,23+,24+,26-/m1/s1. The van der Waals surface area contributed by atoms with E-state index < -0.39 is 136 Å². The Bertz CT molecular complexity index is 928. The molecule has 0 aromatic heterocycles. The highest BCUT2D eigenvalue weighted by Crippen LogP contribution is 2.37. The molecule has 0 saturated carbocycles. The molecule has 2 saturated heterocycles. The van der Waals surface area contributed by atoms with Gasteiger partial charge in [0.25, 0.3) is 5.79 Å². The van der Waals surface area contributed by atoms with Crippen LogP contribution in [0.2, 0.25) is 0 Å². The number of carboxylic acid groups (broad SMARTS) is 1. The lowest BCUT2D eigenvalue weighted by Crippen LogP contribution is -2.66. The topological polar surface area (TPSA) is 304 Å². The van der Waals surface area contributed by atoms with Crippen LogP contribution in [0, 0.1) is 5.92 Å². The van der Waals surface area contributed by atoms with Crippen LogP contribution in [-0.4, -0.2) is 182 Å². The number of hydrogen-bond donors (Lipinski definition) is 11. The quantitative estimate of drug-likeness (QED) is 0.0647. The molecule has 2 heterocycles. The van der Waals surface area contributed by atoms with Gasteiger partial charge in [-0.15, -0.1) is 0 Å². The van der Waals surface area contributed by atoms with E-state index in [0.717, 1.165) is 0 Å². The normalized spacial score (nSPS) is 36.4. The second kappa shape index (κ2) is 17.5. The van der Waals surface area contributed by atoms with Gasteiger partial charge in [0.2, 0.25) is 5.91 Å². The third-order valence-electron chi connectivity index (χ3n) is 7.72. The molecule has 15 atom stereocenters. The molecule has 4 unspecified atom stereocenters. The first-order valence-corrected chi connectivity index (χ1v) is 14.3. The SMILES string of the molecule is CO[C@H]1OC(CO)[C@H](O)[C@H](O[C@H](OC(CO)[C@H](O)CO[C@]2(C(=O)O)C[C@@H](O)[C@@H](C)C([C@H](O)[C@H](O)CO)O2)[C@H](C)O)C1NC(C)=O. The Kier molecular flexibility index (Phi) is 15.4. The second-order valence-electron chi connectivity index (χ2n) is 11.1. The highest BCUT2D eigenvalue weighted by molar-refractivity contribution is 5.76. The zero-order valence-corrected chi connectivity index (χ0v) is 25.4. The maximum absolute atomic E-state index is 12.3. The lowest BCUT2D eigenvalue weighted by molar-refractivity contribution is -0.330. The van der Waals surface area contributed by atoms with Crippen LogP contribution in [0.3, 0.4) is 0 Å². The maximum atomic E-state index is 12.3. The Morgan fingerprint density at radius 2 is 1.71 bits per heavy atom. The highest BCUT2D eigenvalue weighted by Gasteiger charge is 2.55. The molecule has 2 rings (SSSR count). The fourth-order valence-electron chi connectivity index (χ4n) is 5.04. The number of carboxylic acids is 1. The van der Waals surface area contributed by atoms with E-state index in [1.165, 1.54) is 27.9 Å². The van der Waals surface area contributed by atoms with Crippen molar-refractivity contribution in [3.05, 3.63) is 0 Å². The summed E-state index contributed by atoms with van der Waals surface area (Å²) in [6.45, 7) is 0.375. The maximum Gasteiger partial charge on any atom is 0.364 e. The van der Waals surface area contributed by atoms with Gasteiger partial charge in [-0.05, 0) is 6.92 Å². The third kappa shape index (κ3) is 9.69. The predicted octanol–water partition coefficient (Wildman–Crippen LogP) is -5.66. The fourth-order valence-corrected chi connectivity index (χ4v) is 5.04. The Balaban J connectivity index is 2.24. The molecule has 2 fully saturated rings. The minimum Gasteiger partial charge on any atom is -0.477 e. The molecule has 0 radical (unpaired) electrons. The van der Waals surface area contributed by atoms with Crippen molar-refractivity contribution in [3.8, 4) is 0 Å². The first-order valence-electron chi connectivity index (χ1n) is 14.3. The number of hydrogen-bond acceptors (Lipinski definition) is 17. The van der Waals surface area contributed by atoms with Crippen LogP contribution in [0.4, 0.5) is 0 Å². The number of methoxy groups -OCH3 is 1. The summed E-state index contributed by atoms with van der Waals surface area (Å²) in [5.74, 6) is -5.89. The van der Waals surface area contributed by atoms with Gasteiger partial charge in [0.05, 0.1) is 38.6 Å². The number of aliphatic carboxylic acids is 1. The summed E-state index contributed by atoms with van der Waals surface area (Å²) >= 11 is 0. The molecule has 0 aliphatic carbocycles. The van der Waals surface area contributed by atoms with Crippen molar-refractivity contribution in [2.24, 2.45) is 5.92 Å². The molecule has 45 heavy (non-hydrogen) atoms. The largest absolute Gasteiger partial charge is 0.477 e. The monoisotopic (exact) mass is 661 g/mol. The van der Waals surface area contributed by atoms with Crippen LogP contribution < -0.4 is 5.32 Å². The molecule has 19 nitrogen and oxygen atoms in total. The molecule has 2 aliphatic heterocycles. The van der Waals surface area contributed by atoms with Gasteiger partial charge in [0, 0.05) is 26.4 Å². The Morgan fingerprint density at radius 3 is 2.20 bits per heavy atom. The predicted molar refractivity (Wildman–Crippen MR) is 145 cm³/mol. The van der Waals surface area contributed by atoms with Gasteiger partial charge in [-0.25, -0.2) is 4.79 Å². The molecule has 1 amide bonds. The van der Waals surface area contributed by atoms with Gasteiger partial charge in [-0.1, -0.05) is 6.92 Å². The lowest BCUT2D eigenvalue weighted by atomic mass is 9.84. The summed E-state index contributed by atoms with van der Waals surface area (Å²) in [5.41, 5.74) is 0. The Morgan fingerprint density at radius 1 is 1.07 bits per heavy atom. The van der Waals surface area contributed by atoms with Crippen molar-refractivity contribution in [1.29, 1.82) is 0 Å². The fraction of sp³-hybridized carbons (Fsp3) is 0.923. The molecular weight excluding hydrogens is 614 g/mol. The molecule has 0 aromatic rings. The van der Waals surface area contributed by atoms with Gasteiger partial charge in [0.1, 0.15) is 54.9 Å². The Labute approximate surface area is 258 Å². The molecule has 0 spiro atoms. The summed E-state index contributed by atoms with van der Waals surface area (Å²) in [6.07, 6.45) is -19.4. The number of nitrogens with one attached hydrogen (secondary N) is 1. The average molecular weight is 662 g/mol. The molecule has 264 valence electrons. The summed E-state index contributed by atoms with van der Waals surface area (Å²) < 4.78 is 32.9. The highest BCUT2D eigenvalue weighted by atomic mass is 16.7. The van der Waals surface area contributed by atoms with Crippen molar-refractivity contribution in [1.82, 2.24) is 5.32 Å². The first kappa shape index (κ1) is 39.5. The zero-order valence-electron chi connectivity index (χ0n) is 25.4. The number of amides is 1. The number of carbonyl (C=O) groups excluding carboxylic acids is 1. The van der Waals surface area contributed by atoms with E-state index in [1.807, 2.05) is 0 Å². The van der Waals surface area contributed by atoms with Crippen molar-refractivity contribution in [2.45, 2.75) is 113 Å². The molecule has 2 aliphatic rings.